The molecule has 1 aromatic carbocycles. The van der Waals surface area contributed by atoms with Crippen LogP contribution in [0.25, 0.3) is 16.2 Å². The fraction of sp³-hybridized carbons (Fsp3) is 0.429. The number of nitrogens with zero attached hydrogens (tertiary/aromatic N) is 2. The van der Waals surface area contributed by atoms with E-state index in [0.29, 0.717) is 17.8 Å². The lowest BCUT2D eigenvalue weighted by Gasteiger charge is -2.17. The molecule has 5 heteroatoms. The van der Waals surface area contributed by atoms with Crippen LogP contribution in [-0.4, -0.2) is 20.5 Å². The third-order valence-corrected chi connectivity index (χ3v) is 6.44. The normalized spacial score (nSPS) is 13.9. The van der Waals surface area contributed by atoms with Crippen LogP contribution >= 0.6 is 11.3 Å². The topological polar surface area (TPSA) is 54.6 Å². The highest BCUT2D eigenvalue weighted by Gasteiger charge is 2.25. The van der Waals surface area contributed by atoms with Gasteiger partial charge in [0.1, 0.15) is 0 Å². The molecule has 2 heterocycles. The molecule has 0 radical (unpaired) electrons. The summed E-state index contributed by atoms with van der Waals surface area (Å²) in [4.78, 5) is 18.7. The molecule has 0 amide bonds. The highest BCUT2D eigenvalue weighted by atomic mass is 32.1. The zero-order valence-electron chi connectivity index (χ0n) is 15.3. The third kappa shape index (κ3) is 2.75. The van der Waals surface area contributed by atoms with Crippen molar-refractivity contribution in [3.8, 4) is 11.3 Å². The minimum Gasteiger partial charge on any atom is -0.477 e. The van der Waals surface area contributed by atoms with Gasteiger partial charge in [-0.2, -0.15) is 0 Å². The molecule has 4 rings (SSSR count). The van der Waals surface area contributed by atoms with Gasteiger partial charge in [0.2, 0.25) is 0 Å². The maximum atomic E-state index is 12.0. The van der Waals surface area contributed by atoms with Crippen LogP contribution in [0.3, 0.4) is 0 Å². The van der Waals surface area contributed by atoms with Gasteiger partial charge >= 0.3 is 5.97 Å². The molecule has 0 atom stereocenters. The quantitative estimate of drug-likeness (QED) is 0.677. The maximum Gasteiger partial charge on any atom is 0.354 e. The van der Waals surface area contributed by atoms with Crippen LogP contribution in [0.5, 0.6) is 0 Å². The molecule has 0 aliphatic heterocycles. The van der Waals surface area contributed by atoms with Crippen LogP contribution in [0.15, 0.2) is 18.2 Å². The summed E-state index contributed by atoms with van der Waals surface area (Å²) in [5.74, 6) is -0.888. The van der Waals surface area contributed by atoms with Crippen molar-refractivity contribution in [2.24, 2.45) is 0 Å². The molecule has 0 saturated heterocycles. The lowest BCUT2D eigenvalue weighted by molar-refractivity contribution is 0.0688. The number of imidazole rings is 1. The predicted octanol–water partition coefficient (Wildman–Crippen LogP) is 5.15. The third-order valence-electron chi connectivity index (χ3n) is 5.25. The van der Waals surface area contributed by atoms with Gasteiger partial charge < -0.3 is 5.11 Å². The summed E-state index contributed by atoms with van der Waals surface area (Å²) in [7, 11) is 0. The molecule has 0 unspecified atom stereocenters. The molecule has 0 bridgehead atoms. The van der Waals surface area contributed by atoms with Crippen molar-refractivity contribution in [1.29, 1.82) is 0 Å². The summed E-state index contributed by atoms with van der Waals surface area (Å²) in [6.45, 7) is 4.18. The standard InChI is InChI=1S/C21H24N2O2S/c1-3-7-16-19(20(24)25)23-18(17(4-2)26-21(23)22-16)15-11-10-13-8-5-6-9-14(13)12-15/h10-12H,3-9H2,1-2H3,(H,24,25). The maximum absolute atomic E-state index is 12.0. The Morgan fingerprint density at radius 2 is 2.00 bits per heavy atom. The number of hydrogen-bond acceptors (Lipinski definition) is 3. The lowest BCUT2D eigenvalue weighted by atomic mass is 9.90. The van der Waals surface area contributed by atoms with Crippen molar-refractivity contribution in [3.05, 3.63) is 45.6 Å². The highest BCUT2D eigenvalue weighted by molar-refractivity contribution is 7.17. The van der Waals surface area contributed by atoms with Gasteiger partial charge in [0, 0.05) is 4.88 Å². The van der Waals surface area contributed by atoms with Crippen molar-refractivity contribution in [2.75, 3.05) is 0 Å². The molecule has 1 aliphatic rings. The molecule has 1 N–H and O–H groups in total. The monoisotopic (exact) mass is 368 g/mol. The van der Waals surface area contributed by atoms with Crippen LogP contribution in [-0.2, 0) is 25.7 Å². The van der Waals surface area contributed by atoms with Crippen molar-refractivity contribution in [2.45, 2.75) is 58.8 Å². The average Bonchev–Trinajstić information content (AvgIpc) is 3.16. The zero-order valence-corrected chi connectivity index (χ0v) is 16.2. The Kier molecular flexibility index (Phi) is 4.57. The summed E-state index contributed by atoms with van der Waals surface area (Å²) in [6, 6.07) is 6.67. The number of carbonyl (C=O) groups is 1. The molecule has 26 heavy (non-hydrogen) atoms. The van der Waals surface area contributed by atoms with E-state index in [2.05, 4.69) is 37.0 Å². The number of carboxylic acids is 1. The van der Waals surface area contributed by atoms with Crippen molar-refractivity contribution >= 4 is 22.3 Å². The van der Waals surface area contributed by atoms with E-state index in [9.17, 15) is 9.90 Å². The molecular formula is C21H24N2O2S. The van der Waals surface area contributed by atoms with Gasteiger partial charge in [-0.3, -0.25) is 4.40 Å². The van der Waals surface area contributed by atoms with Crippen molar-refractivity contribution in [3.63, 3.8) is 0 Å². The molecule has 2 aromatic heterocycles. The number of aromatic nitrogens is 2. The van der Waals surface area contributed by atoms with E-state index in [0.717, 1.165) is 41.9 Å². The number of aromatic carboxylic acids is 1. The first kappa shape index (κ1) is 17.3. The first-order chi connectivity index (χ1) is 12.6. The second-order valence-corrected chi connectivity index (χ2v) is 8.06. The Hall–Kier alpha value is -2.14. The minimum absolute atomic E-state index is 0.338. The Morgan fingerprint density at radius 3 is 2.69 bits per heavy atom. The van der Waals surface area contributed by atoms with E-state index in [4.69, 9.17) is 0 Å². The van der Waals surface area contributed by atoms with E-state index in [1.807, 2.05) is 4.40 Å². The summed E-state index contributed by atoms with van der Waals surface area (Å²) in [6.07, 6.45) is 7.24. The number of fused-ring (bicyclic) bond motifs is 2. The van der Waals surface area contributed by atoms with Crippen molar-refractivity contribution < 1.29 is 9.90 Å². The van der Waals surface area contributed by atoms with Crippen LogP contribution in [0.4, 0.5) is 0 Å². The molecule has 3 aromatic rings. The van der Waals surface area contributed by atoms with Gasteiger partial charge in [-0.05, 0) is 61.3 Å². The fourth-order valence-corrected chi connectivity index (χ4v) is 5.14. The van der Waals surface area contributed by atoms with Gasteiger partial charge in [0.15, 0.2) is 10.7 Å². The Labute approximate surface area is 157 Å². The molecule has 0 saturated carbocycles. The van der Waals surface area contributed by atoms with E-state index >= 15 is 0 Å². The molecule has 136 valence electrons. The summed E-state index contributed by atoms with van der Waals surface area (Å²) < 4.78 is 1.89. The molecular weight excluding hydrogens is 344 g/mol. The Bertz CT molecular complexity index is 984. The second-order valence-electron chi connectivity index (χ2n) is 7.00. The lowest BCUT2D eigenvalue weighted by Crippen LogP contribution is -2.07. The minimum atomic E-state index is -0.888. The number of aryl methyl sites for hydroxylation is 4. The van der Waals surface area contributed by atoms with E-state index in [1.165, 1.54) is 28.8 Å². The molecule has 1 aliphatic carbocycles. The molecule has 0 fully saturated rings. The van der Waals surface area contributed by atoms with E-state index in [1.54, 1.807) is 11.3 Å². The number of carboxylic acid groups (broad SMARTS) is 1. The van der Waals surface area contributed by atoms with E-state index in [-0.39, 0.29) is 0 Å². The van der Waals surface area contributed by atoms with Gasteiger partial charge in [-0.25, -0.2) is 9.78 Å². The van der Waals surface area contributed by atoms with Crippen LogP contribution in [0.2, 0.25) is 0 Å². The summed E-state index contributed by atoms with van der Waals surface area (Å²) in [5, 5.41) is 9.87. The van der Waals surface area contributed by atoms with Gasteiger partial charge in [0.25, 0.3) is 0 Å². The largest absolute Gasteiger partial charge is 0.477 e. The SMILES string of the molecule is CCCc1nc2sc(CC)c(-c3ccc4c(c3)CCCC4)n2c1C(=O)O. The Balaban J connectivity index is 1.97. The molecule has 4 nitrogen and oxygen atoms in total. The number of benzene rings is 1. The highest BCUT2D eigenvalue weighted by Crippen LogP contribution is 2.36. The summed E-state index contributed by atoms with van der Waals surface area (Å²) >= 11 is 1.62. The first-order valence-corrected chi connectivity index (χ1v) is 10.3. The zero-order chi connectivity index (χ0) is 18.3. The fourth-order valence-electron chi connectivity index (χ4n) is 4.04. The first-order valence-electron chi connectivity index (χ1n) is 9.52. The van der Waals surface area contributed by atoms with E-state index < -0.39 is 5.97 Å². The average molecular weight is 369 g/mol. The van der Waals surface area contributed by atoms with Gasteiger partial charge in [-0.15, -0.1) is 11.3 Å². The van der Waals surface area contributed by atoms with Gasteiger partial charge in [-0.1, -0.05) is 32.4 Å². The number of hydrogen-bond donors (Lipinski definition) is 1. The number of rotatable bonds is 5. The smallest absolute Gasteiger partial charge is 0.354 e. The molecule has 0 spiro atoms. The van der Waals surface area contributed by atoms with Crippen molar-refractivity contribution in [1.82, 2.24) is 9.38 Å². The van der Waals surface area contributed by atoms with Crippen LogP contribution in [0, 0.1) is 0 Å². The van der Waals surface area contributed by atoms with Gasteiger partial charge in [0.05, 0.1) is 11.4 Å². The number of thiazole rings is 1. The predicted molar refractivity (Wildman–Crippen MR) is 105 cm³/mol. The van der Waals surface area contributed by atoms with Crippen LogP contribution < -0.4 is 0 Å². The summed E-state index contributed by atoms with van der Waals surface area (Å²) in [5.41, 5.74) is 6.05. The second kappa shape index (κ2) is 6.88. The van der Waals surface area contributed by atoms with Crippen LogP contribution in [0.1, 0.15) is 65.3 Å². The Morgan fingerprint density at radius 1 is 1.23 bits per heavy atom.